The first-order valence-electron chi connectivity index (χ1n) is 12.5. The SMILES string of the molecule is O=C1/C(=C/c2ccc(Sc3ccc(Cl)cc3)cc2)SC(=NC2CCCCC2)N1C1CCCCC1. The maximum atomic E-state index is 13.5. The fourth-order valence-corrected chi connectivity index (χ4v) is 7.08. The van der Waals surface area contributed by atoms with Crippen molar-refractivity contribution in [3.8, 4) is 0 Å². The molecule has 3 nitrogen and oxygen atoms in total. The topological polar surface area (TPSA) is 32.7 Å². The van der Waals surface area contributed by atoms with Crippen LogP contribution < -0.4 is 0 Å². The molecule has 34 heavy (non-hydrogen) atoms. The van der Waals surface area contributed by atoms with Crippen LogP contribution in [0.3, 0.4) is 0 Å². The lowest BCUT2D eigenvalue weighted by Gasteiger charge is -2.31. The Morgan fingerprint density at radius 1 is 0.853 bits per heavy atom. The molecule has 1 aliphatic heterocycles. The van der Waals surface area contributed by atoms with E-state index in [0.29, 0.717) is 12.1 Å². The molecule has 0 atom stereocenters. The van der Waals surface area contributed by atoms with Crippen molar-refractivity contribution < 1.29 is 4.79 Å². The Balaban J connectivity index is 1.34. The molecule has 1 saturated heterocycles. The second kappa shape index (κ2) is 11.4. The van der Waals surface area contributed by atoms with Gasteiger partial charge in [0.05, 0.1) is 10.9 Å². The van der Waals surface area contributed by atoms with Gasteiger partial charge in [-0.15, -0.1) is 0 Å². The summed E-state index contributed by atoms with van der Waals surface area (Å²) in [7, 11) is 0. The van der Waals surface area contributed by atoms with Crippen LogP contribution in [0.25, 0.3) is 6.08 Å². The predicted molar refractivity (Wildman–Crippen MR) is 146 cm³/mol. The number of thioether (sulfide) groups is 1. The second-order valence-corrected chi connectivity index (χ2v) is 12.0. The summed E-state index contributed by atoms with van der Waals surface area (Å²) < 4.78 is 0. The van der Waals surface area contributed by atoms with Crippen molar-refractivity contribution >= 4 is 52.3 Å². The van der Waals surface area contributed by atoms with Crippen molar-refractivity contribution in [1.82, 2.24) is 4.90 Å². The van der Waals surface area contributed by atoms with E-state index in [-0.39, 0.29) is 5.91 Å². The molecule has 1 amide bonds. The minimum Gasteiger partial charge on any atom is -0.284 e. The zero-order valence-electron chi connectivity index (χ0n) is 19.4. The van der Waals surface area contributed by atoms with Crippen LogP contribution in [0.4, 0.5) is 0 Å². The Bertz CT molecular complexity index is 1050. The van der Waals surface area contributed by atoms with Crippen LogP contribution in [-0.2, 0) is 4.79 Å². The van der Waals surface area contributed by atoms with E-state index in [0.717, 1.165) is 51.2 Å². The highest BCUT2D eigenvalue weighted by Gasteiger charge is 2.39. The summed E-state index contributed by atoms with van der Waals surface area (Å²) in [4.78, 5) is 23.8. The Kier molecular flexibility index (Phi) is 8.03. The summed E-state index contributed by atoms with van der Waals surface area (Å²) in [5, 5.41) is 1.70. The Morgan fingerprint density at radius 3 is 2.09 bits per heavy atom. The van der Waals surface area contributed by atoms with Gasteiger partial charge in [0.15, 0.2) is 5.17 Å². The van der Waals surface area contributed by atoms with Crippen molar-refractivity contribution in [2.75, 3.05) is 0 Å². The molecule has 1 heterocycles. The third kappa shape index (κ3) is 5.92. The summed E-state index contributed by atoms with van der Waals surface area (Å²) in [6, 6.07) is 17.0. The van der Waals surface area contributed by atoms with E-state index >= 15 is 0 Å². The maximum Gasteiger partial charge on any atom is 0.266 e. The summed E-state index contributed by atoms with van der Waals surface area (Å²) in [6.07, 6.45) is 14.1. The van der Waals surface area contributed by atoms with Gasteiger partial charge in [-0.05, 0) is 85.5 Å². The molecule has 178 valence electrons. The van der Waals surface area contributed by atoms with Crippen molar-refractivity contribution in [3.05, 3.63) is 64.0 Å². The van der Waals surface area contributed by atoms with Gasteiger partial charge in [-0.3, -0.25) is 14.7 Å². The van der Waals surface area contributed by atoms with E-state index in [2.05, 4.69) is 29.2 Å². The lowest BCUT2D eigenvalue weighted by Crippen LogP contribution is -2.41. The third-order valence-corrected chi connectivity index (χ3v) is 9.14. The van der Waals surface area contributed by atoms with Gasteiger partial charge in [0.2, 0.25) is 0 Å². The molecule has 0 radical (unpaired) electrons. The zero-order valence-corrected chi connectivity index (χ0v) is 21.8. The number of rotatable bonds is 5. The number of amides is 1. The van der Waals surface area contributed by atoms with Crippen molar-refractivity contribution in [2.24, 2.45) is 4.99 Å². The average Bonchev–Trinajstić information content (AvgIpc) is 3.17. The highest BCUT2D eigenvalue weighted by molar-refractivity contribution is 8.18. The third-order valence-electron chi connectivity index (χ3n) is 6.87. The van der Waals surface area contributed by atoms with Crippen LogP contribution >= 0.6 is 35.1 Å². The molecule has 2 aromatic carbocycles. The first kappa shape index (κ1) is 24.0. The number of amidine groups is 1. The molecule has 3 fully saturated rings. The zero-order chi connectivity index (χ0) is 23.3. The van der Waals surface area contributed by atoms with Gasteiger partial charge >= 0.3 is 0 Å². The van der Waals surface area contributed by atoms with Gasteiger partial charge in [-0.2, -0.15) is 0 Å². The molecular formula is C28H31ClN2OS2. The van der Waals surface area contributed by atoms with E-state index in [1.54, 1.807) is 23.5 Å². The molecule has 0 bridgehead atoms. The smallest absolute Gasteiger partial charge is 0.266 e. The molecule has 2 aliphatic carbocycles. The quantitative estimate of drug-likeness (QED) is 0.378. The highest BCUT2D eigenvalue weighted by Crippen LogP contribution is 2.38. The number of nitrogens with zero attached hydrogens (tertiary/aromatic N) is 2. The van der Waals surface area contributed by atoms with Gasteiger partial charge in [0.25, 0.3) is 5.91 Å². The number of halogens is 1. The molecule has 2 saturated carbocycles. The van der Waals surface area contributed by atoms with E-state index in [4.69, 9.17) is 16.6 Å². The monoisotopic (exact) mass is 510 g/mol. The highest BCUT2D eigenvalue weighted by atomic mass is 35.5. The van der Waals surface area contributed by atoms with Crippen LogP contribution in [0.1, 0.15) is 69.8 Å². The molecule has 2 aromatic rings. The minimum absolute atomic E-state index is 0.145. The fourth-order valence-electron chi connectivity index (χ4n) is 5.03. The van der Waals surface area contributed by atoms with Gasteiger partial charge in [-0.25, -0.2) is 0 Å². The number of carbonyl (C=O) groups is 1. The first-order valence-corrected chi connectivity index (χ1v) is 14.5. The van der Waals surface area contributed by atoms with Gasteiger partial charge in [0, 0.05) is 20.9 Å². The molecule has 3 aliphatic rings. The summed E-state index contributed by atoms with van der Waals surface area (Å²) in [6.45, 7) is 0. The summed E-state index contributed by atoms with van der Waals surface area (Å²) in [5.74, 6) is 0.145. The Labute approximate surface area is 216 Å². The maximum absolute atomic E-state index is 13.5. The van der Waals surface area contributed by atoms with Crippen LogP contribution in [0.15, 0.2) is 68.2 Å². The van der Waals surface area contributed by atoms with E-state index < -0.39 is 0 Å². The number of carbonyl (C=O) groups excluding carboxylic acids is 1. The fraction of sp³-hybridized carbons (Fsp3) is 0.429. The Morgan fingerprint density at radius 2 is 1.44 bits per heavy atom. The van der Waals surface area contributed by atoms with Crippen LogP contribution in [-0.4, -0.2) is 28.1 Å². The summed E-state index contributed by atoms with van der Waals surface area (Å²) >= 11 is 9.29. The van der Waals surface area contributed by atoms with Crippen LogP contribution in [0.2, 0.25) is 5.02 Å². The largest absolute Gasteiger partial charge is 0.284 e. The standard InChI is InChI=1S/C28H31ClN2OS2/c29-21-13-17-25(18-14-21)33-24-15-11-20(12-16-24)19-26-27(32)31(23-9-5-2-6-10-23)28(34-26)30-22-7-3-1-4-8-22/h11-19,22-23H,1-10H2/b26-19-,30-28?. The molecule has 6 heteroatoms. The molecule has 0 unspecified atom stereocenters. The van der Waals surface area contributed by atoms with Crippen LogP contribution in [0.5, 0.6) is 0 Å². The minimum atomic E-state index is 0.145. The lowest BCUT2D eigenvalue weighted by atomic mass is 9.94. The van der Waals surface area contributed by atoms with Gasteiger partial charge in [-0.1, -0.05) is 74.0 Å². The number of hydrogen-bond donors (Lipinski definition) is 0. The van der Waals surface area contributed by atoms with E-state index in [9.17, 15) is 4.79 Å². The Hall–Kier alpha value is -1.69. The average molecular weight is 511 g/mol. The van der Waals surface area contributed by atoms with Crippen molar-refractivity contribution in [2.45, 2.75) is 86.1 Å². The molecule has 0 spiro atoms. The number of aliphatic imine (C=N–C) groups is 1. The number of hydrogen-bond acceptors (Lipinski definition) is 4. The second-order valence-electron chi connectivity index (χ2n) is 9.41. The van der Waals surface area contributed by atoms with E-state index in [1.807, 2.05) is 30.3 Å². The van der Waals surface area contributed by atoms with Crippen LogP contribution in [0, 0.1) is 0 Å². The molecule has 5 rings (SSSR count). The number of benzene rings is 2. The van der Waals surface area contributed by atoms with E-state index in [1.165, 1.54) is 43.4 Å². The molecule has 0 aromatic heterocycles. The molecule has 0 N–H and O–H groups in total. The normalized spacial score (nSPS) is 22.7. The van der Waals surface area contributed by atoms with Crippen molar-refractivity contribution in [3.63, 3.8) is 0 Å². The molecular weight excluding hydrogens is 480 g/mol. The summed E-state index contributed by atoms with van der Waals surface area (Å²) in [5.41, 5.74) is 1.05. The lowest BCUT2D eigenvalue weighted by molar-refractivity contribution is -0.124. The first-order chi connectivity index (χ1) is 16.7. The van der Waals surface area contributed by atoms with Crippen molar-refractivity contribution in [1.29, 1.82) is 0 Å². The van der Waals surface area contributed by atoms with Gasteiger partial charge < -0.3 is 0 Å². The van der Waals surface area contributed by atoms with Gasteiger partial charge in [0.1, 0.15) is 0 Å². The predicted octanol–water partition coefficient (Wildman–Crippen LogP) is 8.43.